The van der Waals surface area contributed by atoms with Crippen LogP contribution < -0.4 is 10.9 Å². The number of aromatic nitrogens is 2. The molecule has 25 heavy (non-hydrogen) atoms. The van der Waals surface area contributed by atoms with Crippen molar-refractivity contribution in [3.63, 3.8) is 0 Å². The zero-order valence-corrected chi connectivity index (χ0v) is 15.7. The van der Waals surface area contributed by atoms with E-state index in [4.69, 9.17) is 0 Å². The number of carbonyl (C=O) groups is 1. The molecule has 3 rings (SSSR count). The van der Waals surface area contributed by atoms with E-state index >= 15 is 0 Å². The van der Waals surface area contributed by atoms with Crippen LogP contribution >= 0.6 is 12.4 Å². The molecule has 1 fully saturated rings. The molecule has 0 atom stereocenters. The van der Waals surface area contributed by atoms with Gasteiger partial charge in [-0.05, 0) is 39.8 Å². The Bertz CT molecular complexity index is 810. The highest BCUT2D eigenvalue weighted by molar-refractivity contribution is 6.04. The van der Waals surface area contributed by atoms with Gasteiger partial charge in [0.2, 0.25) is 0 Å². The first kappa shape index (κ1) is 19.4. The van der Waals surface area contributed by atoms with E-state index in [2.05, 4.69) is 10.4 Å². The molecule has 1 aromatic heterocycles. The smallest absolute Gasteiger partial charge is 0.274 e. The second-order valence-electron chi connectivity index (χ2n) is 6.59. The van der Waals surface area contributed by atoms with Crippen LogP contribution in [0.4, 0.5) is 0 Å². The van der Waals surface area contributed by atoms with Crippen molar-refractivity contribution >= 4 is 29.1 Å². The molecule has 7 heteroatoms. The standard InChI is InChI=1S/C18H24N4O2.ClH/c1-12(2)22-17(23)15-7-5-4-6-14(15)16(20-22)18(24)21-10-8-13(19-3)9-11-21;/h4-7,12-13,19H,8-11H2,1-3H3;1H. The first-order chi connectivity index (χ1) is 11.5. The molecular weight excluding hydrogens is 340 g/mol. The van der Waals surface area contributed by atoms with Crippen LogP contribution in [0.5, 0.6) is 0 Å². The second kappa shape index (κ2) is 7.97. The van der Waals surface area contributed by atoms with Crippen molar-refractivity contribution in [2.45, 2.75) is 38.8 Å². The predicted octanol–water partition coefficient (Wildman–Crippen LogP) is 2.22. The molecule has 2 aromatic rings. The first-order valence-corrected chi connectivity index (χ1v) is 8.51. The maximum Gasteiger partial charge on any atom is 0.274 e. The third-order valence-electron chi connectivity index (χ3n) is 4.71. The highest BCUT2D eigenvalue weighted by Crippen LogP contribution is 2.19. The monoisotopic (exact) mass is 364 g/mol. The molecule has 1 aliphatic heterocycles. The zero-order valence-electron chi connectivity index (χ0n) is 14.9. The topological polar surface area (TPSA) is 67.2 Å². The van der Waals surface area contributed by atoms with Crippen molar-refractivity contribution in [3.8, 4) is 0 Å². The van der Waals surface area contributed by atoms with E-state index in [9.17, 15) is 9.59 Å². The van der Waals surface area contributed by atoms with Crippen LogP contribution in [0.3, 0.4) is 0 Å². The molecule has 0 unspecified atom stereocenters. The number of carbonyl (C=O) groups excluding carboxylic acids is 1. The molecule has 136 valence electrons. The molecule has 1 aromatic carbocycles. The number of nitrogens with one attached hydrogen (secondary N) is 1. The van der Waals surface area contributed by atoms with Gasteiger partial charge in [0.15, 0.2) is 5.69 Å². The molecule has 1 saturated heterocycles. The van der Waals surface area contributed by atoms with Crippen molar-refractivity contribution in [2.75, 3.05) is 20.1 Å². The zero-order chi connectivity index (χ0) is 17.3. The molecule has 2 heterocycles. The SMILES string of the molecule is CNC1CCN(C(=O)c2nn(C(C)C)c(=O)c3ccccc23)CC1.Cl. The largest absolute Gasteiger partial charge is 0.337 e. The summed E-state index contributed by atoms with van der Waals surface area (Å²) in [6.07, 6.45) is 1.87. The molecule has 6 nitrogen and oxygen atoms in total. The Morgan fingerprint density at radius 3 is 2.36 bits per heavy atom. The van der Waals surface area contributed by atoms with E-state index in [0.29, 0.717) is 35.6 Å². The normalized spacial score (nSPS) is 15.4. The fourth-order valence-electron chi connectivity index (χ4n) is 3.24. The minimum Gasteiger partial charge on any atom is -0.337 e. The summed E-state index contributed by atoms with van der Waals surface area (Å²) in [6, 6.07) is 7.60. The lowest BCUT2D eigenvalue weighted by Crippen LogP contribution is -2.44. The van der Waals surface area contributed by atoms with Crippen LogP contribution in [0.2, 0.25) is 0 Å². The van der Waals surface area contributed by atoms with E-state index < -0.39 is 0 Å². The summed E-state index contributed by atoms with van der Waals surface area (Å²) in [5.41, 5.74) is 0.229. The third-order valence-corrected chi connectivity index (χ3v) is 4.71. The van der Waals surface area contributed by atoms with Crippen LogP contribution in [0, 0.1) is 0 Å². The fraction of sp³-hybridized carbons (Fsp3) is 0.500. The minimum absolute atomic E-state index is 0. The van der Waals surface area contributed by atoms with Gasteiger partial charge >= 0.3 is 0 Å². The second-order valence-corrected chi connectivity index (χ2v) is 6.59. The van der Waals surface area contributed by atoms with E-state index in [1.165, 1.54) is 4.68 Å². The number of hydrogen-bond acceptors (Lipinski definition) is 4. The summed E-state index contributed by atoms with van der Waals surface area (Å²) < 4.78 is 1.41. The van der Waals surface area contributed by atoms with Gasteiger partial charge < -0.3 is 10.2 Å². The van der Waals surface area contributed by atoms with Crippen LogP contribution in [-0.2, 0) is 0 Å². The predicted molar refractivity (Wildman–Crippen MR) is 102 cm³/mol. The Morgan fingerprint density at radius 2 is 1.80 bits per heavy atom. The number of rotatable bonds is 3. The van der Waals surface area contributed by atoms with Gasteiger partial charge in [-0.15, -0.1) is 12.4 Å². The quantitative estimate of drug-likeness (QED) is 0.906. The van der Waals surface area contributed by atoms with Gasteiger partial charge in [0.25, 0.3) is 11.5 Å². The van der Waals surface area contributed by atoms with Crippen molar-refractivity contribution in [2.24, 2.45) is 0 Å². The molecule has 0 aliphatic carbocycles. The number of halogens is 1. The molecule has 0 saturated carbocycles. The van der Waals surface area contributed by atoms with Gasteiger partial charge in [0.1, 0.15) is 0 Å². The number of hydrogen-bond donors (Lipinski definition) is 1. The van der Waals surface area contributed by atoms with Gasteiger partial charge in [0.05, 0.1) is 11.4 Å². The number of fused-ring (bicyclic) bond motifs is 1. The molecular formula is C18H25ClN4O2. The Hall–Kier alpha value is -1.92. The highest BCUT2D eigenvalue weighted by Gasteiger charge is 2.26. The van der Waals surface area contributed by atoms with Gasteiger partial charge in [-0.2, -0.15) is 5.10 Å². The fourth-order valence-corrected chi connectivity index (χ4v) is 3.24. The molecule has 1 N–H and O–H groups in total. The van der Waals surface area contributed by atoms with E-state index in [1.807, 2.05) is 44.0 Å². The Balaban J connectivity index is 0.00000225. The van der Waals surface area contributed by atoms with Gasteiger partial charge in [-0.3, -0.25) is 9.59 Å². The van der Waals surface area contributed by atoms with E-state index in [1.54, 1.807) is 6.07 Å². The summed E-state index contributed by atoms with van der Waals surface area (Å²) in [7, 11) is 1.95. The lowest BCUT2D eigenvalue weighted by atomic mass is 10.0. The maximum absolute atomic E-state index is 13.0. The van der Waals surface area contributed by atoms with Gasteiger partial charge in [0, 0.05) is 24.5 Å². The van der Waals surface area contributed by atoms with E-state index in [0.717, 1.165) is 12.8 Å². The number of amides is 1. The molecule has 1 aliphatic rings. The summed E-state index contributed by atoms with van der Waals surface area (Å²) in [6.45, 7) is 5.22. The lowest BCUT2D eigenvalue weighted by Gasteiger charge is -2.31. The third kappa shape index (κ3) is 3.70. The van der Waals surface area contributed by atoms with Crippen LogP contribution in [-0.4, -0.2) is 46.8 Å². The Morgan fingerprint density at radius 1 is 1.20 bits per heavy atom. The first-order valence-electron chi connectivity index (χ1n) is 8.51. The Kier molecular flexibility index (Phi) is 6.19. The van der Waals surface area contributed by atoms with Crippen molar-refractivity contribution in [3.05, 3.63) is 40.3 Å². The van der Waals surface area contributed by atoms with Gasteiger partial charge in [-0.1, -0.05) is 18.2 Å². The molecule has 1 amide bonds. The van der Waals surface area contributed by atoms with Crippen molar-refractivity contribution in [1.29, 1.82) is 0 Å². The van der Waals surface area contributed by atoms with Crippen LogP contribution in [0.1, 0.15) is 43.2 Å². The number of piperidine rings is 1. The van der Waals surface area contributed by atoms with Gasteiger partial charge in [-0.25, -0.2) is 4.68 Å². The maximum atomic E-state index is 13.0. The Labute approximate surface area is 153 Å². The molecule has 0 bridgehead atoms. The molecule has 0 spiro atoms. The summed E-state index contributed by atoms with van der Waals surface area (Å²) >= 11 is 0. The highest BCUT2D eigenvalue weighted by atomic mass is 35.5. The summed E-state index contributed by atoms with van der Waals surface area (Å²) in [4.78, 5) is 27.4. The van der Waals surface area contributed by atoms with Crippen molar-refractivity contribution < 1.29 is 4.79 Å². The number of likely N-dealkylation sites (tertiary alicyclic amines) is 1. The summed E-state index contributed by atoms with van der Waals surface area (Å²) in [5.74, 6) is -0.0878. The molecule has 0 radical (unpaired) electrons. The summed E-state index contributed by atoms with van der Waals surface area (Å²) in [5, 5.41) is 8.87. The lowest BCUT2D eigenvalue weighted by molar-refractivity contribution is 0.0700. The number of nitrogens with zero attached hydrogens (tertiary/aromatic N) is 3. The minimum atomic E-state index is -0.147. The number of benzene rings is 1. The van der Waals surface area contributed by atoms with Crippen molar-refractivity contribution in [1.82, 2.24) is 20.0 Å². The van der Waals surface area contributed by atoms with Crippen LogP contribution in [0.15, 0.2) is 29.1 Å². The van der Waals surface area contributed by atoms with Crippen LogP contribution in [0.25, 0.3) is 10.8 Å². The van der Waals surface area contributed by atoms with E-state index in [-0.39, 0.29) is 29.9 Å². The average molecular weight is 365 g/mol. The average Bonchev–Trinajstić information content (AvgIpc) is 2.61.